The van der Waals surface area contributed by atoms with Crippen LogP contribution in [-0.2, 0) is 0 Å². The molecule has 2 aromatic rings. The smallest absolute Gasteiger partial charge is 0.152 e. The van der Waals surface area contributed by atoms with E-state index in [1.807, 2.05) is 25.1 Å². The second-order valence-electron chi connectivity index (χ2n) is 2.47. The molecule has 0 saturated carbocycles. The molecule has 0 bridgehead atoms. The summed E-state index contributed by atoms with van der Waals surface area (Å²) in [6.45, 7) is 1.85. The Morgan fingerprint density at radius 1 is 1.33 bits per heavy atom. The lowest BCUT2D eigenvalue weighted by Gasteiger charge is -1.95. The molecule has 2 aromatic heterocycles. The van der Waals surface area contributed by atoms with Gasteiger partial charge >= 0.3 is 0 Å². The standard InChI is InChI=1S/C9H8N2O/c1-7-10-5-4-8(11-7)9-3-2-6-12-9/h2-6H,1H3. The van der Waals surface area contributed by atoms with Gasteiger partial charge in [-0.1, -0.05) is 0 Å². The molecule has 0 aliphatic heterocycles. The quantitative estimate of drug-likeness (QED) is 0.640. The van der Waals surface area contributed by atoms with Crippen molar-refractivity contribution >= 4 is 0 Å². The van der Waals surface area contributed by atoms with E-state index in [0.29, 0.717) is 0 Å². The number of rotatable bonds is 1. The highest BCUT2D eigenvalue weighted by atomic mass is 16.3. The van der Waals surface area contributed by atoms with Crippen molar-refractivity contribution < 1.29 is 4.42 Å². The molecule has 0 amide bonds. The van der Waals surface area contributed by atoms with Gasteiger partial charge in [0.2, 0.25) is 0 Å². The summed E-state index contributed by atoms with van der Waals surface area (Å²) in [5, 5.41) is 0. The molecule has 0 aliphatic rings. The molecule has 0 unspecified atom stereocenters. The van der Waals surface area contributed by atoms with Crippen LogP contribution in [0.4, 0.5) is 0 Å². The Morgan fingerprint density at radius 3 is 2.92 bits per heavy atom. The van der Waals surface area contributed by atoms with Gasteiger partial charge in [-0.25, -0.2) is 9.97 Å². The van der Waals surface area contributed by atoms with Crippen molar-refractivity contribution in [3.8, 4) is 11.5 Å². The van der Waals surface area contributed by atoms with Gasteiger partial charge in [-0.05, 0) is 25.1 Å². The van der Waals surface area contributed by atoms with Gasteiger partial charge in [0.05, 0.1) is 6.26 Å². The molecule has 2 rings (SSSR count). The Balaban J connectivity index is 2.48. The highest BCUT2D eigenvalue weighted by Crippen LogP contribution is 2.15. The maximum absolute atomic E-state index is 5.18. The third-order valence-electron chi connectivity index (χ3n) is 1.55. The van der Waals surface area contributed by atoms with Crippen LogP contribution in [0.5, 0.6) is 0 Å². The first-order valence-electron chi connectivity index (χ1n) is 3.70. The molecule has 2 heterocycles. The summed E-state index contributed by atoms with van der Waals surface area (Å²) < 4.78 is 5.18. The Morgan fingerprint density at radius 2 is 2.25 bits per heavy atom. The largest absolute Gasteiger partial charge is 0.463 e. The fraction of sp³-hybridized carbons (Fsp3) is 0.111. The van der Waals surface area contributed by atoms with Gasteiger partial charge in [0, 0.05) is 6.20 Å². The van der Waals surface area contributed by atoms with Crippen LogP contribution in [0.25, 0.3) is 11.5 Å². The molecule has 0 aromatic carbocycles. The number of furan rings is 1. The topological polar surface area (TPSA) is 38.9 Å². The molecular weight excluding hydrogens is 152 g/mol. The average Bonchev–Trinajstić information content (AvgIpc) is 2.56. The summed E-state index contributed by atoms with van der Waals surface area (Å²) in [6, 6.07) is 5.54. The predicted molar refractivity (Wildman–Crippen MR) is 44.5 cm³/mol. The number of hydrogen-bond donors (Lipinski definition) is 0. The molecule has 0 spiro atoms. The van der Waals surface area contributed by atoms with Crippen molar-refractivity contribution in [1.82, 2.24) is 9.97 Å². The second-order valence-corrected chi connectivity index (χ2v) is 2.47. The van der Waals surface area contributed by atoms with Crippen molar-refractivity contribution in [2.24, 2.45) is 0 Å². The van der Waals surface area contributed by atoms with E-state index in [4.69, 9.17) is 4.42 Å². The molecule has 3 heteroatoms. The number of aromatic nitrogens is 2. The Bertz CT molecular complexity index is 368. The molecule has 0 fully saturated rings. The van der Waals surface area contributed by atoms with Crippen LogP contribution in [0.3, 0.4) is 0 Å². The van der Waals surface area contributed by atoms with Gasteiger partial charge in [0.25, 0.3) is 0 Å². The minimum Gasteiger partial charge on any atom is -0.463 e. The minimum absolute atomic E-state index is 0.754. The number of nitrogens with zero attached hydrogens (tertiary/aromatic N) is 2. The summed E-state index contributed by atoms with van der Waals surface area (Å²) in [5.74, 6) is 1.53. The van der Waals surface area contributed by atoms with E-state index >= 15 is 0 Å². The molecule has 0 atom stereocenters. The fourth-order valence-electron chi connectivity index (χ4n) is 1.02. The summed E-state index contributed by atoms with van der Waals surface area (Å²) >= 11 is 0. The van der Waals surface area contributed by atoms with Crippen LogP contribution in [-0.4, -0.2) is 9.97 Å². The maximum Gasteiger partial charge on any atom is 0.152 e. The lowest BCUT2D eigenvalue weighted by atomic mass is 10.3. The number of hydrogen-bond acceptors (Lipinski definition) is 3. The minimum atomic E-state index is 0.754. The highest BCUT2D eigenvalue weighted by Gasteiger charge is 2.00. The molecule has 60 valence electrons. The third-order valence-corrected chi connectivity index (χ3v) is 1.55. The lowest BCUT2D eigenvalue weighted by Crippen LogP contribution is -1.87. The highest BCUT2D eigenvalue weighted by molar-refractivity contribution is 5.50. The molecule has 0 aliphatic carbocycles. The van der Waals surface area contributed by atoms with E-state index in [9.17, 15) is 0 Å². The van der Waals surface area contributed by atoms with Crippen LogP contribution in [0.2, 0.25) is 0 Å². The van der Waals surface area contributed by atoms with Crippen molar-refractivity contribution in [3.05, 3.63) is 36.5 Å². The van der Waals surface area contributed by atoms with E-state index in [0.717, 1.165) is 17.3 Å². The third kappa shape index (κ3) is 1.21. The zero-order chi connectivity index (χ0) is 8.39. The van der Waals surface area contributed by atoms with Crippen LogP contribution in [0.1, 0.15) is 5.82 Å². The zero-order valence-corrected chi connectivity index (χ0v) is 6.69. The van der Waals surface area contributed by atoms with Crippen molar-refractivity contribution in [2.75, 3.05) is 0 Å². The van der Waals surface area contributed by atoms with E-state index in [-0.39, 0.29) is 0 Å². The summed E-state index contributed by atoms with van der Waals surface area (Å²) in [7, 11) is 0. The van der Waals surface area contributed by atoms with E-state index in [1.165, 1.54) is 0 Å². The van der Waals surface area contributed by atoms with Gasteiger partial charge in [-0.2, -0.15) is 0 Å². The summed E-state index contributed by atoms with van der Waals surface area (Å²) in [6.07, 6.45) is 3.35. The molecule has 3 nitrogen and oxygen atoms in total. The summed E-state index contributed by atoms with van der Waals surface area (Å²) in [5.41, 5.74) is 0.826. The molecular formula is C9H8N2O. The van der Waals surface area contributed by atoms with Crippen molar-refractivity contribution in [2.45, 2.75) is 6.92 Å². The van der Waals surface area contributed by atoms with Gasteiger partial charge in [0.15, 0.2) is 5.76 Å². The van der Waals surface area contributed by atoms with Gasteiger partial charge in [-0.15, -0.1) is 0 Å². The molecule has 0 saturated heterocycles. The second kappa shape index (κ2) is 2.77. The first kappa shape index (κ1) is 7.03. The monoisotopic (exact) mass is 160 g/mol. The van der Waals surface area contributed by atoms with Crippen molar-refractivity contribution in [3.63, 3.8) is 0 Å². The van der Waals surface area contributed by atoms with Gasteiger partial charge in [0.1, 0.15) is 11.5 Å². The van der Waals surface area contributed by atoms with Crippen LogP contribution >= 0.6 is 0 Å². The van der Waals surface area contributed by atoms with E-state index in [1.54, 1.807) is 12.5 Å². The van der Waals surface area contributed by atoms with Crippen LogP contribution in [0, 0.1) is 6.92 Å². The molecule has 0 radical (unpaired) electrons. The number of aryl methyl sites for hydroxylation is 1. The first-order chi connectivity index (χ1) is 5.86. The Labute approximate surface area is 70.1 Å². The lowest BCUT2D eigenvalue weighted by molar-refractivity contribution is 0.579. The molecule has 0 N–H and O–H groups in total. The summed E-state index contributed by atoms with van der Waals surface area (Å²) in [4.78, 5) is 8.21. The van der Waals surface area contributed by atoms with Gasteiger partial charge < -0.3 is 4.42 Å². The maximum atomic E-state index is 5.18. The van der Waals surface area contributed by atoms with E-state index in [2.05, 4.69) is 9.97 Å². The SMILES string of the molecule is Cc1nccc(-c2ccco2)n1. The molecule has 12 heavy (non-hydrogen) atoms. The Kier molecular flexibility index (Phi) is 1.63. The van der Waals surface area contributed by atoms with Crippen LogP contribution in [0.15, 0.2) is 35.1 Å². The Hall–Kier alpha value is -1.64. The van der Waals surface area contributed by atoms with E-state index < -0.39 is 0 Å². The fourth-order valence-corrected chi connectivity index (χ4v) is 1.02. The zero-order valence-electron chi connectivity index (χ0n) is 6.69. The van der Waals surface area contributed by atoms with Crippen LogP contribution < -0.4 is 0 Å². The first-order valence-corrected chi connectivity index (χ1v) is 3.70. The van der Waals surface area contributed by atoms with Gasteiger partial charge in [-0.3, -0.25) is 0 Å². The predicted octanol–water partition coefficient (Wildman–Crippen LogP) is 2.05. The average molecular weight is 160 g/mol. The normalized spacial score (nSPS) is 10.1. The van der Waals surface area contributed by atoms with Crippen molar-refractivity contribution in [1.29, 1.82) is 0 Å².